The highest BCUT2D eigenvalue weighted by Gasteiger charge is 2.31. The molecular weight excluding hydrogens is 280 g/mol. The first-order chi connectivity index (χ1) is 10.5. The SMILES string of the molecule is CC(CC(=O)N1CCCCC1C(C)O)NC(=O)C1CCCC1. The summed E-state index contributed by atoms with van der Waals surface area (Å²) in [6, 6.07) is -0.212. The lowest BCUT2D eigenvalue weighted by Crippen LogP contribution is -2.50. The van der Waals surface area contributed by atoms with Crippen molar-refractivity contribution < 1.29 is 14.7 Å². The van der Waals surface area contributed by atoms with Crippen LogP contribution in [0.2, 0.25) is 0 Å². The maximum Gasteiger partial charge on any atom is 0.224 e. The average Bonchev–Trinajstić information content (AvgIpc) is 3.01. The van der Waals surface area contributed by atoms with Crippen molar-refractivity contribution in [2.75, 3.05) is 6.54 Å². The molecule has 1 saturated heterocycles. The van der Waals surface area contributed by atoms with Gasteiger partial charge in [-0.15, -0.1) is 0 Å². The van der Waals surface area contributed by atoms with Crippen LogP contribution in [0.4, 0.5) is 0 Å². The maximum atomic E-state index is 12.5. The summed E-state index contributed by atoms with van der Waals surface area (Å²) < 4.78 is 0. The van der Waals surface area contributed by atoms with Crippen LogP contribution in [0.1, 0.15) is 65.2 Å². The summed E-state index contributed by atoms with van der Waals surface area (Å²) in [6.45, 7) is 4.37. The fraction of sp³-hybridized carbons (Fsp3) is 0.882. The molecule has 0 radical (unpaired) electrons. The first-order valence-electron chi connectivity index (χ1n) is 8.77. The summed E-state index contributed by atoms with van der Waals surface area (Å²) in [6.07, 6.45) is 6.97. The standard InChI is InChI=1S/C17H30N2O3/c1-12(18-17(22)14-7-3-4-8-14)11-16(21)19-10-6-5-9-15(19)13(2)20/h12-15,20H,3-11H2,1-2H3,(H,18,22). The van der Waals surface area contributed by atoms with Crippen LogP contribution in [0.3, 0.4) is 0 Å². The minimum atomic E-state index is -0.493. The summed E-state index contributed by atoms with van der Waals surface area (Å²) in [7, 11) is 0. The molecule has 22 heavy (non-hydrogen) atoms. The Bertz CT molecular complexity index is 391. The third-order valence-corrected chi connectivity index (χ3v) is 5.02. The number of carbonyl (C=O) groups is 2. The van der Waals surface area contributed by atoms with Gasteiger partial charge in [-0.1, -0.05) is 12.8 Å². The van der Waals surface area contributed by atoms with Crippen LogP contribution < -0.4 is 5.32 Å². The topological polar surface area (TPSA) is 69.6 Å². The van der Waals surface area contributed by atoms with Crippen LogP contribution in [-0.2, 0) is 9.59 Å². The van der Waals surface area contributed by atoms with Crippen LogP contribution in [0.15, 0.2) is 0 Å². The summed E-state index contributed by atoms with van der Waals surface area (Å²) in [5.74, 6) is 0.283. The normalized spacial score (nSPS) is 25.8. The molecule has 0 bridgehead atoms. The number of aliphatic hydroxyl groups is 1. The molecule has 2 N–H and O–H groups in total. The molecule has 0 aromatic heterocycles. The molecule has 3 atom stereocenters. The highest BCUT2D eigenvalue weighted by atomic mass is 16.3. The Kier molecular flexibility index (Phi) is 6.24. The Balaban J connectivity index is 1.83. The van der Waals surface area contributed by atoms with E-state index in [1.165, 1.54) is 0 Å². The van der Waals surface area contributed by atoms with Gasteiger partial charge in [0.25, 0.3) is 0 Å². The van der Waals surface area contributed by atoms with Crippen molar-refractivity contribution in [2.24, 2.45) is 5.92 Å². The summed E-state index contributed by atoms with van der Waals surface area (Å²) in [4.78, 5) is 26.4. The van der Waals surface area contributed by atoms with Crippen LogP contribution in [0.25, 0.3) is 0 Å². The quantitative estimate of drug-likeness (QED) is 0.814. The van der Waals surface area contributed by atoms with Gasteiger partial charge in [0.2, 0.25) is 11.8 Å². The Hall–Kier alpha value is -1.10. The first kappa shape index (κ1) is 17.3. The zero-order chi connectivity index (χ0) is 16.1. The van der Waals surface area contributed by atoms with E-state index in [1.54, 1.807) is 6.92 Å². The Labute approximate surface area is 133 Å². The summed E-state index contributed by atoms with van der Waals surface area (Å²) in [5, 5.41) is 12.8. The molecule has 126 valence electrons. The van der Waals surface area contributed by atoms with Gasteiger partial charge in [-0.25, -0.2) is 0 Å². The van der Waals surface area contributed by atoms with Crippen LogP contribution >= 0.6 is 0 Å². The molecule has 1 heterocycles. The number of nitrogens with one attached hydrogen (secondary N) is 1. The number of amides is 2. The van der Waals surface area contributed by atoms with E-state index >= 15 is 0 Å². The van der Waals surface area contributed by atoms with Crippen molar-refractivity contribution in [3.8, 4) is 0 Å². The highest BCUT2D eigenvalue weighted by molar-refractivity contribution is 5.81. The zero-order valence-corrected chi connectivity index (χ0v) is 13.9. The van der Waals surface area contributed by atoms with E-state index in [4.69, 9.17) is 0 Å². The smallest absolute Gasteiger partial charge is 0.224 e. The molecule has 1 aliphatic carbocycles. The number of likely N-dealkylation sites (tertiary alicyclic amines) is 1. The molecule has 0 spiro atoms. The van der Waals surface area contributed by atoms with Crippen LogP contribution in [-0.4, -0.2) is 46.6 Å². The van der Waals surface area contributed by atoms with E-state index in [-0.39, 0.29) is 29.8 Å². The van der Waals surface area contributed by atoms with E-state index in [9.17, 15) is 14.7 Å². The molecule has 2 fully saturated rings. The third-order valence-electron chi connectivity index (χ3n) is 5.02. The summed E-state index contributed by atoms with van der Waals surface area (Å²) >= 11 is 0. The average molecular weight is 310 g/mol. The second-order valence-corrected chi connectivity index (χ2v) is 6.99. The number of hydrogen-bond acceptors (Lipinski definition) is 3. The van der Waals surface area contributed by atoms with E-state index in [0.717, 1.165) is 51.5 Å². The van der Waals surface area contributed by atoms with Gasteiger partial charge in [-0.2, -0.15) is 0 Å². The maximum absolute atomic E-state index is 12.5. The van der Waals surface area contributed by atoms with E-state index in [1.807, 2.05) is 11.8 Å². The Morgan fingerprint density at radius 1 is 1.14 bits per heavy atom. The van der Waals surface area contributed by atoms with Crippen LogP contribution in [0.5, 0.6) is 0 Å². The molecule has 2 amide bonds. The van der Waals surface area contributed by atoms with Gasteiger partial charge >= 0.3 is 0 Å². The molecule has 0 aromatic carbocycles. The van der Waals surface area contributed by atoms with Gasteiger partial charge in [0, 0.05) is 24.9 Å². The molecule has 5 nitrogen and oxygen atoms in total. The van der Waals surface area contributed by atoms with Crippen molar-refractivity contribution in [3.05, 3.63) is 0 Å². The van der Waals surface area contributed by atoms with Gasteiger partial charge in [0.15, 0.2) is 0 Å². The molecule has 2 aliphatic rings. The molecule has 0 aromatic rings. The van der Waals surface area contributed by atoms with Crippen molar-refractivity contribution in [2.45, 2.75) is 83.4 Å². The molecule has 3 unspecified atom stereocenters. The Morgan fingerprint density at radius 2 is 1.77 bits per heavy atom. The van der Waals surface area contributed by atoms with Crippen LogP contribution in [0, 0.1) is 5.92 Å². The number of hydrogen-bond donors (Lipinski definition) is 2. The number of piperidine rings is 1. The Morgan fingerprint density at radius 3 is 2.41 bits per heavy atom. The van der Waals surface area contributed by atoms with E-state index < -0.39 is 6.10 Å². The van der Waals surface area contributed by atoms with Gasteiger partial charge in [-0.3, -0.25) is 9.59 Å². The highest BCUT2D eigenvalue weighted by Crippen LogP contribution is 2.25. The van der Waals surface area contributed by atoms with Gasteiger partial charge in [0.05, 0.1) is 12.1 Å². The van der Waals surface area contributed by atoms with Crippen molar-refractivity contribution in [1.29, 1.82) is 0 Å². The second-order valence-electron chi connectivity index (χ2n) is 6.99. The van der Waals surface area contributed by atoms with Gasteiger partial charge in [0.1, 0.15) is 0 Å². The largest absolute Gasteiger partial charge is 0.391 e. The van der Waals surface area contributed by atoms with E-state index in [2.05, 4.69) is 5.32 Å². The molecule has 2 rings (SSSR count). The van der Waals surface area contributed by atoms with Crippen molar-refractivity contribution in [1.82, 2.24) is 10.2 Å². The summed E-state index contributed by atoms with van der Waals surface area (Å²) in [5.41, 5.74) is 0. The number of rotatable bonds is 5. The first-order valence-corrected chi connectivity index (χ1v) is 8.77. The molecule has 5 heteroatoms. The predicted molar refractivity (Wildman–Crippen MR) is 85.2 cm³/mol. The lowest BCUT2D eigenvalue weighted by Gasteiger charge is -2.38. The second kappa shape index (κ2) is 7.95. The molecular formula is C17H30N2O3. The van der Waals surface area contributed by atoms with Gasteiger partial charge < -0.3 is 15.3 Å². The molecule has 1 saturated carbocycles. The number of carbonyl (C=O) groups excluding carboxylic acids is 2. The van der Waals surface area contributed by atoms with E-state index in [0.29, 0.717) is 6.42 Å². The fourth-order valence-corrected chi connectivity index (χ4v) is 3.75. The fourth-order valence-electron chi connectivity index (χ4n) is 3.75. The lowest BCUT2D eigenvalue weighted by molar-refractivity contribution is -0.138. The number of aliphatic hydroxyl groups excluding tert-OH is 1. The van der Waals surface area contributed by atoms with Gasteiger partial charge in [-0.05, 0) is 46.0 Å². The van der Waals surface area contributed by atoms with Crippen molar-refractivity contribution in [3.63, 3.8) is 0 Å². The van der Waals surface area contributed by atoms with Crippen molar-refractivity contribution >= 4 is 11.8 Å². The lowest BCUT2D eigenvalue weighted by atomic mass is 9.97. The minimum absolute atomic E-state index is 0.0461. The number of nitrogens with zero attached hydrogens (tertiary/aromatic N) is 1. The zero-order valence-electron chi connectivity index (χ0n) is 13.9. The minimum Gasteiger partial charge on any atom is -0.391 e. The molecule has 1 aliphatic heterocycles. The monoisotopic (exact) mass is 310 g/mol. The third kappa shape index (κ3) is 4.45. The predicted octanol–water partition coefficient (Wildman–Crippen LogP) is 1.83.